The van der Waals surface area contributed by atoms with Gasteiger partial charge in [-0.15, -0.1) is 0 Å². The molecule has 2 aromatic carbocycles. The third-order valence-corrected chi connectivity index (χ3v) is 4.08. The van der Waals surface area contributed by atoms with Crippen LogP contribution in [0, 0.1) is 19.7 Å². The molecule has 0 fully saturated rings. The first-order chi connectivity index (χ1) is 11.6. The first kappa shape index (κ1) is 14.6. The molecule has 3 nitrogen and oxygen atoms in total. The Labute approximate surface area is 139 Å². The Morgan fingerprint density at radius 3 is 2.29 bits per heavy atom. The first-order valence-corrected chi connectivity index (χ1v) is 7.82. The Kier molecular flexibility index (Phi) is 3.38. The van der Waals surface area contributed by atoms with Gasteiger partial charge in [0.05, 0.1) is 5.56 Å². The number of halogens is 1. The Morgan fingerprint density at radius 2 is 1.58 bits per heavy atom. The van der Waals surface area contributed by atoms with Crippen LogP contribution in [0.3, 0.4) is 0 Å². The van der Waals surface area contributed by atoms with Crippen molar-refractivity contribution in [2.24, 2.45) is 0 Å². The molecule has 24 heavy (non-hydrogen) atoms. The van der Waals surface area contributed by atoms with E-state index in [-0.39, 0.29) is 5.82 Å². The fraction of sp³-hybridized carbons (Fsp3) is 0.100. The Balaban J connectivity index is 2.09. The van der Waals surface area contributed by atoms with Crippen LogP contribution in [0.2, 0.25) is 0 Å². The largest absolute Gasteiger partial charge is 0.233 e. The smallest absolute Gasteiger partial charge is 0.164 e. The third-order valence-electron chi connectivity index (χ3n) is 4.08. The molecule has 2 heterocycles. The van der Waals surface area contributed by atoms with Gasteiger partial charge in [0.1, 0.15) is 11.5 Å². The van der Waals surface area contributed by atoms with Gasteiger partial charge >= 0.3 is 0 Å². The summed E-state index contributed by atoms with van der Waals surface area (Å²) in [5.41, 5.74) is 6.43. The van der Waals surface area contributed by atoms with Crippen LogP contribution in [0.4, 0.5) is 4.39 Å². The molecule has 0 spiro atoms. The second-order valence-electron chi connectivity index (χ2n) is 5.87. The van der Waals surface area contributed by atoms with E-state index in [1.807, 2.05) is 54.8 Å². The lowest BCUT2D eigenvalue weighted by molar-refractivity contribution is 0.628. The summed E-state index contributed by atoms with van der Waals surface area (Å²) in [6, 6.07) is 18.5. The average molecular weight is 317 g/mol. The molecule has 0 amide bonds. The highest BCUT2D eigenvalue weighted by atomic mass is 19.1. The first-order valence-electron chi connectivity index (χ1n) is 7.82. The van der Waals surface area contributed by atoms with Gasteiger partial charge in [0, 0.05) is 17.0 Å². The van der Waals surface area contributed by atoms with E-state index < -0.39 is 0 Å². The molecule has 0 bridgehead atoms. The van der Waals surface area contributed by atoms with E-state index in [1.165, 1.54) is 12.1 Å². The third kappa shape index (κ3) is 2.36. The molecule has 0 saturated heterocycles. The van der Waals surface area contributed by atoms with Crippen molar-refractivity contribution in [1.29, 1.82) is 0 Å². The highest BCUT2D eigenvalue weighted by Gasteiger charge is 2.18. The van der Waals surface area contributed by atoms with Crippen LogP contribution in [0.15, 0.2) is 60.7 Å². The Bertz CT molecular complexity index is 1020. The summed E-state index contributed by atoms with van der Waals surface area (Å²) in [5.74, 6) is -0.253. The van der Waals surface area contributed by atoms with Gasteiger partial charge in [-0.1, -0.05) is 42.5 Å². The van der Waals surface area contributed by atoms with Gasteiger partial charge < -0.3 is 0 Å². The SMILES string of the molecule is Cc1cc(C)n2nc(-c3ccccc3)c(-c3ccc(F)cc3)c2n1. The van der Waals surface area contributed by atoms with Crippen molar-refractivity contribution in [2.45, 2.75) is 13.8 Å². The van der Waals surface area contributed by atoms with Gasteiger partial charge in [0.2, 0.25) is 0 Å². The van der Waals surface area contributed by atoms with Crippen LogP contribution < -0.4 is 0 Å². The molecule has 0 aliphatic heterocycles. The van der Waals surface area contributed by atoms with Crippen molar-refractivity contribution < 1.29 is 4.39 Å². The summed E-state index contributed by atoms with van der Waals surface area (Å²) in [4.78, 5) is 4.69. The molecule has 0 radical (unpaired) electrons. The molecule has 0 aliphatic carbocycles. The van der Waals surface area contributed by atoms with Gasteiger partial charge in [-0.3, -0.25) is 0 Å². The normalized spacial score (nSPS) is 11.1. The van der Waals surface area contributed by atoms with Gasteiger partial charge in [-0.25, -0.2) is 13.9 Å². The summed E-state index contributed by atoms with van der Waals surface area (Å²) in [6.45, 7) is 3.98. The maximum absolute atomic E-state index is 13.4. The van der Waals surface area contributed by atoms with Crippen LogP contribution in [0.25, 0.3) is 28.0 Å². The zero-order valence-corrected chi connectivity index (χ0v) is 13.5. The van der Waals surface area contributed by atoms with Crippen molar-refractivity contribution in [3.05, 3.63) is 77.9 Å². The highest BCUT2D eigenvalue weighted by Crippen LogP contribution is 2.34. The fourth-order valence-corrected chi connectivity index (χ4v) is 3.00. The molecule has 2 aromatic heterocycles. The minimum Gasteiger partial charge on any atom is -0.233 e. The Morgan fingerprint density at radius 1 is 0.875 bits per heavy atom. The van der Waals surface area contributed by atoms with Crippen LogP contribution in [0.1, 0.15) is 11.4 Å². The average Bonchev–Trinajstić information content (AvgIpc) is 2.96. The lowest BCUT2D eigenvalue weighted by atomic mass is 10.0. The molecule has 118 valence electrons. The number of fused-ring (bicyclic) bond motifs is 1. The summed E-state index contributed by atoms with van der Waals surface area (Å²) >= 11 is 0. The summed E-state index contributed by atoms with van der Waals surface area (Å²) < 4.78 is 15.2. The van der Waals surface area contributed by atoms with Crippen molar-refractivity contribution >= 4 is 5.65 Å². The summed E-state index contributed by atoms with van der Waals surface area (Å²) in [7, 11) is 0. The maximum Gasteiger partial charge on any atom is 0.164 e. The highest BCUT2D eigenvalue weighted by molar-refractivity contribution is 5.90. The van der Waals surface area contributed by atoms with Crippen LogP contribution in [-0.2, 0) is 0 Å². The lowest BCUT2D eigenvalue weighted by Gasteiger charge is -2.04. The standard InChI is InChI=1S/C20H16FN3/c1-13-12-14(2)24-20(22-13)18(15-8-10-17(21)11-9-15)19(23-24)16-6-4-3-5-7-16/h3-12H,1-2H3. The van der Waals surface area contributed by atoms with E-state index >= 15 is 0 Å². The fourth-order valence-electron chi connectivity index (χ4n) is 3.00. The topological polar surface area (TPSA) is 30.2 Å². The number of nitrogens with zero attached hydrogens (tertiary/aromatic N) is 3. The van der Waals surface area contributed by atoms with Crippen molar-refractivity contribution in [3.8, 4) is 22.4 Å². The molecule has 0 saturated carbocycles. The summed E-state index contributed by atoms with van der Waals surface area (Å²) in [6.07, 6.45) is 0. The molecule has 0 unspecified atom stereocenters. The number of hydrogen-bond donors (Lipinski definition) is 0. The van der Waals surface area contributed by atoms with Gasteiger partial charge in [0.15, 0.2) is 5.65 Å². The van der Waals surface area contributed by atoms with Crippen LogP contribution in [-0.4, -0.2) is 14.6 Å². The quantitative estimate of drug-likeness (QED) is 0.530. The number of benzene rings is 2. The number of aryl methyl sites for hydroxylation is 2. The zero-order valence-electron chi connectivity index (χ0n) is 13.5. The van der Waals surface area contributed by atoms with E-state index in [2.05, 4.69) is 4.98 Å². The molecule has 4 rings (SSSR count). The minimum atomic E-state index is -0.253. The van der Waals surface area contributed by atoms with Crippen LogP contribution >= 0.6 is 0 Å². The number of aromatic nitrogens is 3. The van der Waals surface area contributed by atoms with E-state index in [9.17, 15) is 4.39 Å². The van der Waals surface area contributed by atoms with E-state index in [4.69, 9.17) is 5.10 Å². The molecular weight excluding hydrogens is 301 g/mol. The van der Waals surface area contributed by atoms with Crippen molar-refractivity contribution in [2.75, 3.05) is 0 Å². The van der Waals surface area contributed by atoms with Gasteiger partial charge in [-0.05, 0) is 37.6 Å². The Hall–Kier alpha value is -3.01. The molecule has 4 aromatic rings. The summed E-state index contributed by atoms with van der Waals surface area (Å²) in [5, 5.41) is 4.78. The van der Waals surface area contributed by atoms with Gasteiger partial charge in [-0.2, -0.15) is 5.10 Å². The molecule has 4 heteroatoms. The number of rotatable bonds is 2. The monoisotopic (exact) mass is 317 g/mol. The van der Waals surface area contributed by atoms with Crippen LogP contribution in [0.5, 0.6) is 0 Å². The van der Waals surface area contributed by atoms with Crippen molar-refractivity contribution in [3.63, 3.8) is 0 Å². The molecule has 0 N–H and O–H groups in total. The van der Waals surface area contributed by atoms with Crippen molar-refractivity contribution in [1.82, 2.24) is 14.6 Å². The van der Waals surface area contributed by atoms with E-state index in [1.54, 1.807) is 12.1 Å². The maximum atomic E-state index is 13.4. The zero-order chi connectivity index (χ0) is 16.7. The van der Waals surface area contributed by atoms with E-state index in [0.29, 0.717) is 0 Å². The second kappa shape index (κ2) is 5.57. The molecular formula is C20H16FN3. The lowest BCUT2D eigenvalue weighted by Crippen LogP contribution is -1.97. The van der Waals surface area contributed by atoms with E-state index in [0.717, 1.165) is 39.4 Å². The molecule has 0 aliphatic rings. The predicted octanol–water partition coefficient (Wildman–Crippen LogP) is 4.82. The predicted molar refractivity (Wildman–Crippen MR) is 93.3 cm³/mol. The number of hydrogen-bond acceptors (Lipinski definition) is 2. The van der Waals surface area contributed by atoms with Gasteiger partial charge in [0.25, 0.3) is 0 Å². The second-order valence-corrected chi connectivity index (χ2v) is 5.87. The minimum absolute atomic E-state index is 0.253. The molecule has 0 atom stereocenters.